The van der Waals surface area contributed by atoms with Gasteiger partial charge in [0.2, 0.25) is 0 Å². The van der Waals surface area contributed by atoms with Crippen molar-refractivity contribution in [1.29, 1.82) is 0 Å². The van der Waals surface area contributed by atoms with Gasteiger partial charge in [0.05, 0.1) is 5.25 Å². The Morgan fingerprint density at radius 2 is 2.07 bits per heavy atom. The van der Waals surface area contributed by atoms with Gasteiger partial charge in [-0.15, -0.1) is 11.6 Å². The quantitative estimate of drug-likeness (QED) is 0.706. The van der Waals surface area contributed by atoms with Crippen LogP contribution < -0.4 is 0 Å². The minimum Gasteiger partial charge on any atom is -0.229 e. The van der Waals surface area contributed by atoms with Crippen LogP contribution in [0.2, 0.25) is 0 Å². The van der Waals surface area contributed by atoms with E-state index in [0.717, 1.165) is 32.1 Å². The van der Waals surface area contributed by atoms with E-state index in [9.17, 15) is 8.42 Å². The van der Waals surface area contributed by atoms with Gasteiger partial charge in [-0.2, -0.15) is 0 Å². The molecule has 14 heavy (non-hydrogen) atoms. The third-order valence-electron chi connectivity index (χ3n) is 3.09. The molecule has 2 unspecified atom stereocenters. The lowest BCUT2D eigenvalue weighted by Crippen LogP contribution is -2.27. The summed E-state index contributed by atoms with van der Waals surface area (Å²) in [5.41, 5.74) is 0. The second-order valence-electron chi connectivity index (χ2n) is 4.32. The predicted molar refractivity (Wildman–Crippen MR) is 60.5 cm³/mol. The average molecular weight is 239 g/mol. The van der Waals surface area contributed by atoms with E-state index in [1.807, 2.05) is 0 Å². The molecule has 1 rings (SSSR count). The first kappa shape index (κ1) is 12.3. The van der Waals surface area contributed by atoms with Crippen LogP contribution in [0.5, 0.6) is 0 Å². The predicted octanol–water partition coefficient (Wildman–Crippen LogP) is 2.61. The topological polar surface area (TPSA) is 34.1 Å². The fourth-order valence-electron chi connectivity index (χ4n) is 2.26. The van der Waals surface area contributed by atoms with E-state index in [1.54, 1.807) is 0 Å². The van der Waals surface area contributed by atoms with Crippen molar-refractivity contribution in [3.63, 3.8) is 0 Å². The summed E-state index contributed by atoms with van der Waals surface area (Å²) in [6.45, 7) is 0. The number of hydrogen-bond acceptors (Lipinski definition) is 2. The molecule has 2 atom stereocenters. The molecule has 1 saturated carbocycles. The minimum atomic E-state index is -2.82. The molecule has 0 N–H and O–H groups in total. The first-order chi connectivity index (χ1) is 6.54. The summed E-state index contributed by atoms with van der Waals surface area (Å²) < 4.78 is 22.8. The molecule has 4 heteroatoms. The lowest BCUT2D eigenvalue weighted by atomic mass is 9.86. The van der Waals surface area contributed by atoms with Crippen LogP contribution in [0.4, 0.5) is 0 Å². The molecule has 0 radical (unpaired) electrons. The van der Waals surface area contributed by atoms with Crippen molar-refractivity contribution in [2.24, 2.45) is 5.92 Å². The van der Waals surface area contributed by atoms with E-state index in [0.29, 0.717) is 11.8 Å². The molecule has 1 fully saturated rings. The van der Waals surface area contributed by atoms with E-state index in [-0.39, 0.29) is 5.25 Å². The number of hydrogen-bond donors (Lipinski definition) is 0. The van der Waals surface area contributed by atoms with Crippen LogP contribution in [0, 0.1) is 5.92 Å². The monoisotopic (exact) mass is 238 g/mol. The van der Waals surface area contributed by atoms with Gasteiger partial charge in [0.1, 0.15) is 9.84 Å². The van der Waals surface area contributed by atoms with E-state index < -0.39 is 9.84 Å². The summed E-state index contributed by atoms with van der Waals surface area (Å²) in [7, 11) is -2.82. The normalized spacial score (nSPS) is 29.0. The first-order valence-corrected chi connectivity index (χ1v) is 7.77. The number of alkyl halides is 1. The summed E-state index contributed by atoms with van der Waals surface area (Å²) in [6.07, 6.45) is 7.43. The maximum Gasteiger partial charge on any atom is 0.150 e. The van der Waals surface area contributed by atoms with Crippen LogP contribution in [-0.2, 0) is 9.84 Å². The zero-order valence-electron chi connectivity index (χ0n) is 8.71. The summed E-state index contributed by atoms with van der Waals surface area (Å²) in [5, 5.41) is -0.0865. The Morgan fingerprint density at radius 1 is 1.36 bits per heavy atom. The molecule has 0 amide bonds. The van der Waals surface area contributed by atoms with Gasteiger partial charge >= 0.3 is 0 Å². The molecule has 1 aliphatic carbocycles. The lowest BCUT2D eigenvalue weighted by Gasteiger charge is -2.27. The second kappa shape index (κ2) is 5.36. The molecule has 0 aromatic heterocycles. The molecule has 0 aliphatic heterocycles. The largest absolute Gasteiger partial charge is 0.229 e. The Bertz CT molecular complexity index is 261. The van der Waals surface area contributed by atoms with Crippen molar-refractivity contribution in [2.75, 3.05) is 12.1 Å². The zero-order chi connectivity index (χ0) is 10.6. The fraction of sp³-hybridized carbons (Fsp3) is 1.00. The highest BCUT2D eigenvalue weighted by molar-refractivity contribution is 7.91. The number of halogens is 1. The molecule has 0 spiro atoms. The van der Waals surface area contributed by atoms with Gasteiger partial charge in [0.25, 0.3) is 0 Å². The van der Waals surface area contributed by atoms with Gasteiger partial charge in [-0.25, -0.2) is 8.42 Å². The SMILES string of the molecule is CS(=O)(=O)C1CCCC(CCCCl)C1. The van der Waals surface area contributed by atoms with Crippen LogP contribution in [0.3, 0.4) is 0 Å². The smallest absolute Gasteiger partial charge is 0.150 e. The Balaban J connectivity index is 2.44. The van der Waals surface area contributed by atoms with E-state index in [4.69, 9.17) is 11.6 Å². The maximum atomic E-state index is 11.4. The molecule has 1 aliphatic rings. The van der Waals surface area contributed by atoms with Crippen molar-refractivity contribution in [2.45, 2.75) is 43.8 Å². The van der Waals surface area contributed by atoms with Crippen LogP contribution >= 0.6 is 11.6 Å². The highest BCUT2D eigenvalue weighted by atomic mass is 35.5. The van der Waals surface area contributed by atoms with Gasteiger partial charge in [0, 0.05) is 12.1 Å². The Labute approximate surface area is 91.9 Å². The third kappa shape index (κ3) is 3.77. The standard InChI is InChI=1S/C10H19ClO2S/c1-14(12,13)10-6-2-4-9(8-10)5-3-7-11/h9-10H,2-8H2,1H3. The van der Waals surface area contributed by atoms with E-state index in [2.05, 4.69) is 0 Å². The third-order valence-corrected chi connectivity index (χ3v) is 4.99. The molecule has 0 aromatic carbocycles. The summed E-state index contributed by atoms with van der Waals surface area (Å²) in [5.74, 6) is 1.28. The Morgan fingerprint density at radius 3 is 2.64 bits per heavy atom. The van der Waals surface area contributed by atoms with E-state index in [1.165, 1.54) is 12.7 Å². The molecule has 0 saturated heterocycles. The van der Waals surface area contributed by atoms with Gasteiger partial charge in [-0.05, 0) is 31.6 Å². The molecular weight excluding hydrogens is 220 g/mol. The highest BCUT2D eigenvalue weighted by Crippen LogP contribution is 2.31. The maximum absolute atomic E-state index is 11.4. The van der Waals surface area contributed by atoms with Gasteiger partial charge in [-0.1, -0.05) is 12.8 Å². The number of rotatable bonds is 4. The van der Waals surface area contributed by atoms with Crippen molar-refractivity contribution in [3.05, 3.63) is 0 Å². The van der Waals surface area contributed by atoms with Crippen LogP contribution in [-0.4, -0.2) is 25.8 Å². The summed E-state index contributed by atoms with van der Waals surface area (Å²) >= 11 is 5.63. The molecule has 0 heterocycles. The van der Waals surface area contributed by atoms with Crippen LogP contribution in [0.1, 0.15) is 38.5 Å². The molecule has 84 valence electrons. The van der Waals surface area contributed by atoms with Crippen molar-refractivity contribution >= 4 is 21.4 Å². The average Bonchev–Trinajstić information content (AvgIpc) is 2.14. The molecule has 0 aromatic rings. The van der Waals surface area contributed by atoms with Crippen molar-refractivity contribution in [3.8, 4) is 0 Å². The minimum absolute atomic E-state index is 0.0865. The first-order valence-electron chi connectivity index (χ1n) is 5.29. The Kier molecular flexibility index (Phi) is 4.71. The van der Waals surface area contributed by atoms with E-state index >= 15 is 0 Å². The summed E-state index contributed by atoms with van der Waals surface area (Å²) in [4.78, 5) is 0. The fourth-order valence-corrected chi connectivity index (χ4v) is 3.63. The highest BCUT2D eigenvalue weighted by Gasteiger charge is 2.28. The zero-order valence-corrected chi connectivity index (χ0v) is 10.3. The van der Waals surface area contributed by atoms with Gasteiger partial charge < -0.3 is 0 Å². The second-order valence-corrected chi connectivity index (χ2v) is 7.02. The summed E-state index contributed by atoms with van der Waals surface area (Å²) in [6, 6.07) is 0. The number of sulfone groups is 1. The van der Waals surface area contributed by atoms with Gasteiger partial charge in [-0.3, -0.25) is 0 Å². The van der Waals surface area contributed by atoms with Crippen molar-refractivity contribution in [1.82, 2.24) is 0 Å². The van der Waals surface area contributed by atoms with Crippen molar-refractivity contribution < 1.29 is 8.42 Å². The molecular formula is C10H19ClO2S. The Hall–Kier alpha value is 0.240. The van der Waals surface area contributed by atoms with Gasteiger partial charge in [0.15, 0.2) is 0 Å². The van der Waals surface area contributed by atoms with Crippen LogP contribution in [0.15, 0.2) is 0 Å². The molecule has 0 bridgehead atoms. The molecule has 2 nitrogen and oxygen atoms in total. The lowest BCUT2D eigenvalue weighted by molar-refractivity contribution is 0.337. The van der Waals surface area contributed by atoms with Crippen LogP contribution in [0.25, 0.3) is 0 Å².